The molecule has 0 amide bonds. The standard InChI is InChI=1S/C20H29N5/c1-23-11-8-22-19(23)16-25-9-5-20(6-10-25)12-18(13-20)24(2)15-17-4-3-7-21-14-17/h3-4,7-8,11,14,18H,5-6,9-10,12-13,15-16H2,1-2H3. The van der Waals surface area contributed by atoms with E-state index in [-0.39, 0.29) is 0 Å². The molecule has 1 saturated heterocycles. The first-order valence-electron chi connectivity index (χ1n) is 9.41. The third-order valence-electron chi connectivity index (χ3n) is 6.32. The SMILES string of the molecule is CN(Cc1cccnc1)C1CC2(CCN(Cc3nccn3C)CC2)C1. The van der Waals surface area contributed by atoms with E-state index in [4.69, 9.17) is 0 Å². The predicted molar refractivity (Wildman–Crippen MR) is 98.9 cm³/mol. The van der Waals surface area contributed by atoms with Gasteiger partial charge in [-0.1, -0.05) is 6.07 Å². The van der Waals surface area contributed by atoms with Crippen LogP contribution in [0.5, 0.6) is 0 Å². The highest BCUT2D eigenvalue weighted by Crippen LogP contribution is 2.50. The Balaban J connectivity index is 1.24. The molecule has 1 aliphatic heterocycles. The Kier molecular flexibility index (Phi) is 4.61. The molecule has 2 fully saturated rings. The molecule has 25 heavy (non-hydrogen) atoms. The molecule has 2 aliphatic rings. The van der Waals surface area contributed by atoms with Crippen molar-refractivity contribution < 1.29 is 0 Å². The summed E-state index contributed by atoms with van der Waals surface area (Å²) in [7, 11) is 4.35. The van der Waals surface area contributed by atoms with Crippen molar-refractivity contribution in [3.8, 4) is 0 Å². The maximum Gasteiger partial charge on any atom is 0.122 e. The van der Waals surface area contributed by atoms with Gasteiger partial charge in [-0.15, -0.1) is 0 Å². The highest BCUT2D eigenvalue weighted by Gasteiger charge is 2.46. The summed E-state index contributed by atoms with van der Waals surface area (Å²) in [6.07, 6.45) is 13.2. The van der Waals surface area contributed by atoms with Crippen LogP contribution in [0.2, 0.25) is 0 Å². The summed E-state index contributed by atoms with van der Waals surface area (Å²) in [5, 5.41) is 0. The first-order valence-corrected chi connectivity index (χ1v) is 9.41. The summed E-state index contributed by atoms with van der Waals surface area (Å²) in [5.41, 5.74) is 1.92. The zero-order chi connectivity index (χ0) is 17.3. The van der Waals surface area contributed by atoms with Crippen molar-refractivity contribution in [3.05, 3.63) is 48.3 Å². The van der Waals surface area contributed by atoms with E-state index in [0.717, 1.165) is 19.1 Å². The van der Waals surface area contributed by atoms with E-state index in [0.29, 0.717) is 5.41 Å². The molecule has 5 nitrogen and oxygen atoms in total. The molecule has 2 aromatic rings. The molecule has 134 valence electrons. The van der Waals surface area contributed by atoms with Gasteiger partial charge in [-0.2, -0.15) is 0 Å². The summed E-state index contributed by atoms with van der Waals surface area (Å²) >= 11 is 0. The molecule has 5 heteroatoms. The van der Waals surface area contributed by atoms with Gasteiger partial charge in [0.05, 0.1) is 6.54 Å². The molecule has 0 atom stereocenters. The molecule has 0 bridgehead atoms. The van der Waals surface area contributed by atoms with Crippen LogP contribution in [0.15, 0.2) is 36.9 Å². The number of hydrogen-bond acceptors (Lipinski definition) is 4. The van der Waals surface area contributed by atoms with E-state index in [1.165, 1.54) is 50.2 Å². The van der Waals surface area contributed by atoms with E-state index < -0.39 is 0 Å². The zero-order valence-corrected chi connectivity index (χ0v) is 15.4. The lowest BCUT2D eigenvalue weighted by Gasteiger charge is -2.54. The van der Waals surface area contributed by atoms with Crippen molar-refractivity contribution in [2.24, 2.45) is 12.5 Å². The topological polar surface area (TPSA) is 37.2 Å². The molecule has 1 saturated carbocycles. The third-order valence-corrected chi connectivity index (χ3v) is 6.32. The average Bonchev–Trinajstić information content (AvgIpc) is 2.99. The quantitative estimate of drug-likeness (QED) is 0.839. The number of piperidine rings is 1. The molecule has 0 aromatic carbocycles. The second-order valence-corrected chi connectivity index (χ2v) is 8.07. The number of imidazole rings is 1. The average molecular weight is 339 g/mol. The minimum atomic E-state index is 0.603. The van der Waals surface area contributed by atoms with Gasteiger partial charge in [0.2, 0.25) is 0 Å². The Labute approximate surface area is 150 Å². The van der Waals surface area contributed by atoms with Crippen molar-refractivity contribution in [1.29, 1.82) is 0 Å². The third kappa shape index (κ3) is 3.62. The molecule has 1 spiro atoms. The lowest BCUT2D eigenvalue weighted by atomic mass is 9.60. The van der Waals surface area contributed by atoms with Crippen molar-refractivity contribution in [1.82, 2.24) is 24.3 Å². The predicted octanol–water partition coefficient (Wildman–Crippen LogP) is 2.69. The van der Waals surface area contributed by atoms with Crippen molar-refractivity contribution in [3.63, 3.8) is 0 Å². The van der Waals surface area contributed by atoms with Gasteiger partial charge in [-0.25, -0.2) is 4.98 Å². The van der Waals surface area contributed by atoms with Crippen LogP contribution >= 0.6 is 0 Å². The number of aryl methyl sites for hydroxylation is 1. The largest absolute Gasteiger partial charge is 0.337 e. The molecular weight excluding hydrogens is 310 g/mol. The van der Waals surface area contributed by atoms with Gasteiger partial charge in [-0.3, -0.25) is 14.8 Å². The fourth-order valence-electron chi connectivity index (χ4n) is 4.50. The number of nitrogens with zero attached hydrogens (tertiary/aromatic N) is 5. The van der Waals surface area contributed by atoms with Crippen LogP contribution < -0.4 is 0 Å². The lowest BCUT2D eigenvalue weighted by molar-refractivity contribution is -0.0390. The Morgan fingerprint density at radius 2 is 2.04 bits per heavy atom. The number of rotatable bonds is 5. The Morgan fingerprint density at radius 1 is 1.24 bits per heavy atom. The van der Waals surface area contributed by atoms with Crippen LogP contribution in [0.4, 0.5) is 0 Å². The highest BCUT2D eigenvalue weighted by atomic mass is 15.2. The van der Waals surface area contributed by atoms with Crippen LogP contribution in [0.1, 0.15) is 37.1 Å². The summed E-state index contributed by atoms with van der Waals surface area (Å²) in [4.78, 5) is 13.8. The Bertz CT molecular complexity index is 679. The fraction of sp³-hybridized carbons (Fsp3) is 0.600. The van der Waals surface area contributed by atoms with Crippen molar-refractivity contribution >= 4 is 0 Å². The summed E-state index contributed by atoms with van der Waals surface area (Å²) in [6.45, 7) is 4.43. The number of hydrogen-bond donors (Lipinski definition) is 0. The number of likely N-dealkylation sites (tertiary alicyclic amines) is 1. The van der Waals surface area contributed by atoms with Gasteiger partial charge in [0.15, 0.2) is 0 Å². The smallest absolute Gasteiger partial charge is 0.122 e. The first-order chi connectivity index (χ1) is 12.1. The van der Waals surface area contributed by atoms with E-state index in [2.05, 4.69) is 44.5 Å². The van der Waals surface area contributed by atoms with Gasteiger partial charge >= 0.3 is 0 Å². The minimum absolute atomic E-state index is 0.603. The second kappa shape index (κ2) is 6.89. The number of aromatic nitrogens is 3. The minimum Gasteiger partial charge on any atom is -0.337 e. The van der Waals surface area contributed by atoms with E-state index in [9.17, 15) is 0 Å². The molecule has 0 N–H and O–H groups in total. The van der Waals surface area contributed by atoms with Gasteiger partial charge in [0.25, 0.3) is 0 Å². The molecule has 3 heterocycles. The summed E-state index contributed by atoms with van der Waals surface area (Å²) in [5.74, 6) is 1.18. The molecule has 1 aliphatic carbocycles. The van der Waals surface area contributed by atoms with Gasteiger partial charge < -0.3 is 4.57 Å². The maximum atomic E-state index is 4.47. The Morgan fingerprint density at radius 3 is 2.68 bits per heavy atom. The Hall–Kier alpha value is -1.72. The summed E-state index contributed by atoms with van der Waals surface area (Å²) < 4.78 is 2.14. The molecule has 0 radical (unpaired) electrons. The highest BCUT2D eigenvalue weighted by molar-refractivity contribution is 5.09. The van der Waals surface area contributed by atoms with Gasteiger partial charge in [-0.05, 0) is 62.9 Å². The first kappa shape index (κ1) is 16.7. The van der Waals surface area contributed by atoms with Crippen LogP contribution in [-0.2, 0) is 20.1 Å². The van der Waals surface area contributed by atoms with Crippen LogP contribution in [0.3, 0.4) is 0 Å². The van der Waals surface area contributed by atoms with Gasteiger partial charge in [0.1, 0.15) is 5.82 Å². The maximum absolute atomic E-state index is 4.47. The van der Waals surface area contributed by atoms with E-state index in [1.807, 2.05) is 30.9 Å². The second-order valence-electron chi connectivity index (χ2n) is 8.07. The van der Waals surface area contributed by atoms with E-state index in [1.54, 1.807) is 0 Å². The van der Waals surface area contributed by atoms with Crippen LogP contribution in [0, 0.1) is 5.41 Å². The molecular formula is C20H29N5. The van der Waals surface area contributed by atoms with Gasteiger partial charge in [0, 0.05) is 44.4 Å². The fourth-order valence-corrected chi connectivity index (χ4v) is 4.50. The van der Waals surface area contributed by atoms with Crippen LogP contribution in [-0.4, -0.2) is 50.5 Å². The molecule has 0 unspecified atom stereocenters. The van der Waals surface area contributed by atoms with Crippen LogP contribution in [0.25, 0.3) is 0 Å². The van der Waals surface area contributed by atoms with Crippen molar-refractivity contribution in [2.45, 2.75) is 44.8 Å². The monoisotopic (exact) mass is 339 g/mol. The van der Waals surface area contributed by atoms with Crippen molar-refractivity contribution in [2.75, 3.05) is 20.1 Å². The lowest BCUT2D eigenvalue weighted by Crippen LogP contribution is -2.53. The zero-order valence-electron chi connectivity index (χ0n) is 15.4. The summed E-state index contributed by atoms with van der Waals surface area (Å²) in [6, 6.07) is 4.94. The molecule has 4 rings (SSSR count). The van der Waals surface area contributed by atoms with E-state index >= 15 is 0 Å². The normalized spacial score (nSPS) is 20.9. The molecule has 2 aromatic heterocycles. The number of pyridine rings is 1.